The highest BCUT2D eigenvalue weighted by atomic mass is 16.2. The third-order valence-corrected chi connectivity index (χ3v) is 6.83. The third kappa shape index (κ3) is 6.00. The Morgan fingerprint density at radius 1 is 0.919 bits per heavy atom. The zero-order valence-electron chi connectivity index (χ0n) is 21.2. The number of nitrogens with one attached hydrogen (secondary N) is 2. The first-order chi connectivity index (χ1) is 18.1. The van der Waals surface area contributed by atoms with E-state index in [4.69, 9.17) is 4.98 Å². The van der Waals surface area contributed by atoms with Crippen LogP contribution in [0.15, 0.2) is 72.8 Å². The first kappa shape index (κ1) is 24.6. The molecule has 7 nitrogen and oxygen atoms in total. The molecule has 1 saturated heterocycles. The normalized spacial score (nSPS) is 13.6. The number of benzene rings is 3. The van der Waals surface area contributed by atoms with E-state index < -0.39 is 0 Å². The van der Waals surface area contributed by atoms with Gasteiger partial charge >= 0.3 is 0 Å². The number of carbonyl (C=O) groups is 2. The average molecular weight is 496 g/mol. The summed E-state index contributed by atoms with van der Waals surface area (Å²) in [5.41, 5.74) is 5.66. The molecule has 0 radical (unpaired) electrons. The number of aromatic amines is 1. The topological polar surface area (TPSA) is 81.3 Å². The van der Waals surface area contributed by atoms with Crippen LogP contribution in [0.3, 0.4) is 0 Å². The molecule has 0 aliphatic carbocycles. The van der Waals surface area contributed by atoms with Crippen molar-refractivity contribution in [3.05, 3.63) is 89.7 Å². The van der Waals surface area contributed by atoms with Gasteiger partial charge in [-0.15, -0.1) is 0 Å². The van der Waals surface area contributed by atoms with Gasteiger partial charge < -0.3 is 20.1 Å². The van der Waals surface area contributed by atoms with E-state index >= 15 is 0 Å². The van der Waals surface area contributed by atoms with Crippen molar-refractivity contribution >= 4 is 34.2 Å². The molecule has 0 unspecified atom stereocenters. The molecule has 2 amide bonds. The number of rotatable bonds is 8. The van der Waals surface area contributed by atoms with Gasteiger partial charge in [0.25, 0.3) is 5.91 Å². The lowest BCUT2D eigenvalue weighted by Gasteiger charge is -2.36. The summed E-state index contributed by atoms with van der Waals surface area (Å²) in [7, 11) is 0. The fourth-order valence-corrected chi connectivity index (χ4v) is 4.77. The van der Waals surface area contributed by atoms with Crippen LogP contribution in [0.25, 0.3) is 11.0 Å². The van der Waals surface area contributed by atoms with Crippen LogP contribution in [0.2, 0.25) is 0 Å². The molecule has 7 heteroatoms. The maximum absolute atomic E-state index is 13.2. The number of carbonyl (C=O) groups excluding carboxylic acids is 2. The predicted octanol–water partition coefficient (Wildman–Crippen LogP) is 5.05. The number of aryl methyl sites for hydroxylation is 2. The Morgan fingerprint density at radius 3 is 2.41 bits per heavy atom. The van der Waals surface area contributed by atoms with Gasteiger partial charge in [-0.2, -0.15) is 0 Å². The van der Waals surface area contributed by atoms with Gasteiger partial charge in [0.15, 0.2) is 0 Å². The van der Waals surface area contributed by atoms with Gasteiger partial charge in [-0.05, 0) is 60.9 Å². The Hall–Kier alpha value is -4.13. The van der Waals surface area contributed by atoms with E-state index in [0.29, 0.717) is 25.1 Å². The van der Waals surface area contributed by atoms with Gasteiger partial charge in [-0.25, -0.2) is 4.98 Å². The second-order valence-corrected chi connectivity index (χ2v) is 9.53. The van der Waals surface area contributed by atoms with E-state index in [-0.39, 0.29) is 11.8 Å². The summed E-state index contributed by atoms with van der Waals surface area (Å²) < 4.78 is 0. The zero-order valence-corrected chi connectivity index (χ0v) is 21.2. The molecule has 3 aromatic carbocycles. The van der Waals surface area contributed by atoms with Crippen LogP contribution in [0, 0.1) is 0 Å². The zero-order chi connectivity index (χ0) is 25.6. The van der Waals surface area contributed by atoms with Crippen molar-refractivity contribution in [3.8, 4) is 0 Å². The molecule has 0 atom stereocenters. The van der Waals surface area contributed by atoms with Gasteiger partial charge in [-0.1, -0.05) is 37.3 Å². The van der Waals surface area contributed by atoms with Crippen molar-refractivity contribution in [3.63, 3.8) is 0 Å². The fourth-order valence-electron chi connectivity index (χ4n) is 4.77. The number of para-hydroxylation sites is 1. The molecule has 5 rings (SSSR count). The summed E-state index contributed by atoms with van der Waals surface area (Å²) in [6, 6.07) is 24.0. The number of anilines is 2. The molecule has 4 aromatic rings. The lowest BCUT2D eigenvalue weighted by molar-refractivity contribution is -0.116. The van der Waals surface area contributed by atoms with Crippen molar-refractivity contribution in [1.29, 1.82) is 0 Å². The molecule has 0 saturated carbocycles. The third-order valence-electron chi connectivity index (χ3n) is 6.83. The van der Waals surface area contributed by atoms with Crippen LogP contribution >= 0.6 is 0 Å². The van der Waals surface area contributed by atoms with Crippen molar-refractivity contribution in [2.45, 2.75) is 32.6 Å². The van der Waals surface area contributed by atoms with Gasteiger partial charge in [0.05, 0.1) is 11.0 Å². The molecular weight excluding hydrogens is 462 g/mol. The smallest absolute Gasteiger partial charge is 0.254 e. The number of hydrogen-bond donors (Lipinski definition) is 2. The van der Waals surface area contributed by atoms with E-state index in [0.717, 1.165) is 54.9 Å². The van der Waals surface area contributed by atoms with Crippen molar-refractivity contribution < 1.29 is 9.59 Å². The van der Waals surface area contributed by atoms with Crippen LogP contribution < -0.4 is 10.2 Å². The van der Waals surface area contributed by atoms with Crippen LogP contribution in [0.5, 0.6) is 0 Å². The van der Waals surface area contributed by atoms with Crippen molar-refractivity contribution in [2.24, 2.45) is 0 Å². The standard InChI is InChI=1S/C30H33N5O2/c1-2-6-29(36)31-24-13-9-22(10-14-24)11-16-28-32-26-15-12-23(21-27(26)33-28)30(37)35-19-17-34(18-20-35)25-7-4-3-5-8-25/h3-5,7-10,12-15,21H,2,6,11,16-20H2,1H3,(H,31,36)(H,32,33). The van der Waals surface area contributed by atoms with Crippen LogP contribution in [0.1, 0.15) is 41.5 Å². The molecule has 2 heterocycles. The van der Waals surface area contributed by atoms with E-state index in [1.165, 1.54) is 11.3 Å². The quantitative estimate of drug-likeness (QED) is 0.359. The highest BCUT2D eigenvalue weighted by Gasteiger charge is 2.22. The largest absolute Gasteiger partial charge is 0.368 e. The maximum Gasteiger partial charge on any atom is 0.254 e. The number of nitrogens with zero attached hydrogens (tertiary/aromatic N) is 3. The highest BCUT2D eigenvalue weighted by molar-refractivity contribution is 5.97. The Balaban J connectivity index is 1.17. The molecule has 1 fully saturated rings. The fraction of sp³-hybridized carbons (Fsp3) is 0.300. The molecule has 0 bridgehead atoms. The number of aromatic nitrogens is 2. The highest BCUT2D eigenvalue weighted by Crippen LogP contribution is 2.20. The van der Waals surface area contributed by atoms with Crippen molar-refractivity contribution in [1.82, 2.24) is 14.9 Å². The Morgan fingerprint density at radius 2 is 1.68 bits per heavy atom. The number of hydrogen-bond acceptors (Lipinski definition) is 4. The summed E-state index contributed by atoms with van der Waals surface area (Å²) in [6.45, 7) is 5.08. The number of fused-ring (bicyclic) bond motifs is 1. The van der Waals surface area contributed by atoms with Gasteiger partial charge in [0, 0.05) is 56.0 Å². The number of imidazole rings is 1. The minimum atomic E-state index is 0.0461. The van der Waals surface area contributed by atoms with Gasteiger partial charge in [0.1, 0.15) is 5.82 Å². The summed E-state index contributed by atoms with van der Waals surface area (Å²) in [5, 5.41) is 2.92. The molecule has 0 spiro atoms. The van der Waals surface area contributed by atoms with E-state index in [1.54, 1.807) is 0 Å². The molecule has 2 N–H and O–H groups in total. The average Bonchev–Trinajstić information content (AvgIpc) is 3.35. The maximum atomic E-state index is 13.2. The second kappa shape index (κ2) is 11.3. The van der Waals surface area contributed by atoms with Gasteiger partial charge in [0.2, 0.25) is 5.91 Å². The molecule has 1 aromatic heterocycles. The molecule has 1 aliphatic heterocycles. The summed E-state index contributed by atoms with van der Waals surface area (Å²) in [5.74, 6) is 1.01. The molecule has 190 valence electrons. The SMILES string of the molecule is CCCC(=O)Nc1ccc(CCc2nc3ccc(C(=O)N4CCN(c5ccccc5)CC4)cc3[nH]2)cc1. The lowest BCUT2D eigenvalue weighted by Crippen LogP contribution is -2.48. The summed E-state index contributed by atoms with van der Waals surface area (Å²) >= 11 is 0. The van der Waals surface area contributed by atoms with Crippen LogP contribution in [0.4, 0.5) is 11.4 Å². The number of piperazine rings is 1. The first-order valence-corrected chi connectivity index (χ1v) is 13.1. The molecule has 1 aliphatic rings. The lowest BCUT2D eigenvalue weighted by atomic mass is 10.1. The van der Waals surface area contributed by atoms with E-state index in [1.807, 2.05) is 72.5 Å². The Kier molecular flexibility index (Phi) is 7.49. The summed E-state index contributed by atoms with van der Waals surface area (Å²) in [6.07, 6.45) is 2.97. The monoisotopic (exact) mass is 495 g/mol. The predicted molar refractivity (Wildman–Crippen MR) is 148 cm³/mol. The van der Waals surface area contributed by atoms with Gasteiger partial charge in [-0.3, -0.25) is 9.59 Å². The molecular formula is C30H33N5O2. The van der Waals surface area contributed by atoms with Crippen LogP contribution in [-0.2, 0) is 17.6 Å². The minimum absolute atomic E-state index is 0.0461. The Labute approximate surface area is 217 Å². The number of amides is 2. The first-order valence-electron chi connectivity index (χ1n) is 13.1. The minimum Gasteiger partial charge on any atom is -0.368 e. The Bertz CT molecular complexity index is 1360. The summed E-state index contributed by atoms with van der Waals surface area (Å²) in [4.78, 5) is 37.3. The second-order valence-electron chi connectivity index (χ2n) is 9.53. The molecule has 37 heavy (non-hydrogen) atoms. The number of H-pyrrole nitrogens is 1. The van der Waals surface area contributed by atoms with E-state index in [2.05, 4.69) is 27.3 Å². The van der Waals surface area contributed by atoms with Crippen LogP contribution in [-0.4, -0.2) is 52.9 Å². The van der Waals surface area contributed by atoms with E-state index in [9.17, 15) is 9.59 Å². The van der Waals surface area contributed by atoms with Crippen molar-refractivity contribution in [2.75, 3.05) is 36.4 Å².